The third-order valence-corrected chi connectivity index (χ3v) is 2.68. The van der Waals surface area contributed by atoms with E-state index in [-0.39, 0.29) is 5.54 Å². The van der Waals surface area contributed by atoms with Gasteiger partial charge in [0, 0.05) is 12.1 Å². The smallest absolute Gasteiger partial charge is 0.0301 e. The van der Waals surface area contributed by atoms with E-state index in [0.717, 1.165) is 19.5 Å². The highest BCUT2D eigenvalue weighted by Crippen LogP contribution is 2.16. The summed E-state index contributed by atoms with van der Waals surface area (Å²) in [5.74, 6) is 0.703. The quantitative estimate of drug-likeness (QED) is 0.639. The minimum Gasteiger partial charge on any atom is -0.329 e. The third-order valence-electron chi connectivity index (χ3n) is 2.68. The van der Waals surface area contributed by atoms with Crippen molar-refractivity contribution in [2.24, 2.45) is 11.7 Å². The second kappa shape index (κ2) is 6.39. The molecular weight excluding hydrogens is 160 g/mol. The molecule has 3 N–H and O–H groups in total. The molecule has 0 saturated heterocycles. The van der Waals surface area contributed by atoms with Crippen LogP contribution in [0.4, 0.5) is 0 Å². The van der Waals surface area contributed by atoms with Crippen molar-refractivity contribution < 1.29 is 0 Å². The maximum absolute atomic E-state index is 5.83. The molecule has 0 fully saturated rings. The summed E-state index contributed by atoms with van der Waals surface area (Å²) in [6.45, 7) is 10.7. The molecule has 0 saturated carbocycles. The normalized spacial score (nSPS) is 16.2. The maximum atomic E-state index is 5.83. The highest BCUT2D eigenvalue weighted by molar-refractivity contribution is 4.87. The second-order valence-electron chi connectivity index (χ2n) is 4.36. The van der Waals surface area contributed by atoms with Crippen LogP contribution in [0.5, 0.6) is 0 Å². The first-order valence-corrected chi connectivity index (χ1v) is 5.55. The summed E-state index contributed by atoms with van der Waals surface area (Å²) in [4.78, 5) is 0. The SMILES string of the molecule is CCCC(CC)(CN)NCC(C)C. The van der Waals surface area contributed by atoms with Crippen LogP contribution in [0.2, 0.25) is 0 Å². The Morgan fingerprint density at radius 1 is 1.31 bits per heavy atom. The van der Waals surface area contributed by atoms with Crippen molar-refractivity contribution in [2.45, 2.75) is 52.5 Å². The van der Waals surface area contributed by atoms with Gasteiger partial charge in [-0.15, -0.1) is 0 Å². The first-order chi connectivity index (χ1) is 6.10. The van der Waals surface area contributed by atoms with Gasteiger partial charge in [-0.1, -0.05) is 34.1 Å². The highest BCUT2D eigenvalue weighted by atomic mass is 15.0. The van der Waals surface area contributed by atoms with Crippen LogP contribution in [0, 0.1) is 5.92 Å². The third kappa shape index (κ3) is 4.63. The Balaban J connectivity index is 4.04. The molecule has 0 radical (unpaired) electrons. The van der Waals surface area contributed by atoms with Gasteiger partial charge in [-0.2, -0.15) is 0 Å². The Labute approximate surface area is 83.3 Å². The minimum absolute atomic E-state index is 0.193. The predicted octanol–water partition coefficient (Wildman–Crippen LogP) is 2.14. The first-order valence-electron chi connectivity index (χ1n) is 5.55. The molecule has 0 heterocycles. The zero-order chi connectivity index (χ0) is 10.3. The fourth-order valence-electron chi connectivity index (χ4n) is 1.61. The lowest BCUT2D eigenvalue weighted by Crippen LogP contribution is -2.51. The summed E-state index contributed by atoms with van der Waals surface area (Å²) in [6, 6.07) is 0. The lowest BCUT2D eigenvalue weighted by molar-refractivity contribution is 0.283. The molecule has 0 bridgehead atoms. The number of nitrogens with two attached hydrogens (primary N) is 1. The number of hydrogen-bond acceptors (Lipinski definition) is 2. The fraction of sp³-hybridized carbons (Fsp3) is 1.00. The van der Waals surface area contributed by atoms with Crippen LogP contribution in [-0.2, 0) is 0 Å². The Kier molecular flexibility index (Phi) is 6.35. The van der Waals surface area contributed by atoms with Crippen LogP contribution in [0.3, 0.4) is 0 Å². The average Bonchev–Trinajstić information content (AvgIpc) is 2.12. The van der Waals surface area contributed by atoms with Crippen molar-refractivity contribution >= 4 is 0 Å². The van der Waals surface area contributed by atoms with Gasteiger partial charge in [0.2, 0.25) is 0 Å². The standard InChI is InChI=1S/C11H26N2/c1-5-7-11(6-2,9-12)13-8-10(3)4/h10,13H,5-9,12H2,1-4H3. The van der Waals surface area contributed by atoms with Crippen LogP contribution in [0.25, 0.3) is 0 Å². The largest absolute Gasteiger partial charge is 0.329 e. The van der Waals surface area contributed by atoms with E-state index in [1.54, 1.807) is 0 Å². The topological polar surface area (TPSA) is 38.0 Å². The van der Waals surface area contributed by atoms with Crippen molar-refractivity contribution in [3.05, 3.63) is 0 Å². The van der Waals surface area contributed by atoms with E-state index in [1.807, 2.05) is 0 Å². The average molecular weight is 186 g/mol. The maximum Gasteiger partial charge on any atom is 0.0301 e. The molecule has 0 aliphatic heterocycles. The molecular formula is C11H26N2. The van der Waals surface area contributed by atoms with Gasteiger partial charge in [-0.3, -0.25) is 0 Å². The zero-order valence-corrected chi connectivity index (χ0v) is 9.69. The molecule has 80 valence electrons. The van der Waals surface area contributed by atoms with Crippen LogP contribution in [0.15, 0.2) is 0 Å². The number of hydrogen-bond donors (Lipinski definition) is 2. The summed E-state index contributed by atoms with van der Waals surface area (Å²) >= 11 is 0. The molecule has 1 unspecified atom stereocenters. The summed E-state index contributed by atoms with van der Waals surface area (Å²) in [5.41, 5.74) is 6.02. The molecule has 0 rings (SSSR count). The molecule has 2 heteroatoms. The molecule has 2 nitrogen and oxygen atoms in total. The summed E-state index contributed by atoms with van der Waals surface area (Å²) in [5, 5.41) is 3.61. The van der Waals surface area contributed by atoms with E-state index >= 15 is 0 Å². The lowest BCUT2D eigenvalue weighted by Gasteiger charge is -2.33. The predicted molar refractivity (Wildman–Crippen MR) is 59.8 cm³/mol. The van der Waals surface area contributed by atoms with E-state index in [1.165, 1.54) is 12.8 Å². The molecule has 0 spiro atoms. The highest BCUT2D eigenvalue weighted by Gasteiger charge is 2.24. The molecule has 0 aliphatic carbocycles. The van der Waals surface area contributed by atoms with Crippen molar-refractivity contribution in [2.75, 3.05) is 13.1 Å². The molecule has 0 aromatic carbocycles. The number of nitrogens with one attached hydrogen (secondary N) is 1. The van der Waals surface area contributed by atoms with Crippen LogP contribution in [0.1, 0.15) is 47.0 Å². The molecule has 0 amide bonds. The summed E-state index contributed by atoms with van der Waals surface area (Å²) in [7, 11) is 0. The molecule has 0 aromatic rings. The fourth-order valence-corrected chi connectivity index (χ4v) is 1.61. The number of rotatable bonds is 7. The first kappa shape index (κ1) is 12.9. The zero-order valence-electron chi connectivity index (χ0n) is 9.69. The van der Waals surface area contributed by atoms with E-state index < -0.39 is 0 Å². The molecule has 1 atom stereocenters. The van der Waals surface area contributed by atoms with Gasteiger partial charge < -0.3 is 11.1 Å². The van der Waals surface area contributed by atoms with Crippen molar-refractivity contribution in [3.8, 4) is 0 Å². The van der Waals surface area contributed by atoms with E-state index in [2.05, 4.69) is 33.0 Å². The Hall–Kier alpha value is -0.0800. The van der Waals surface area contributed by atoms with Crippen molar-refractivity contribution in [3.63, 3.8) is 0 Å². The monoisotopic (exact) mass is 186 g/mol. The van der Waals surface area contributed by atoms with Crippen LogP contribution >= 0.6 is 0 Å². The molecule has 13 heavy (non-hydrogen) atoms. The van der Waals surface area contributed by atoms with Crippen LogP contribution < -0.4 is 11.1 Å². The van der Waals surface area contributed by atoms with Gasteiger partial charge in [-0.25, -0.2) is 0 Å². The van der Waals surface area contributed by atoms with Gasteiger partial charge >= 0.3 is 0 Å². The lowest BCUT2D eigenvalue weighted by atomic mass is 9.90. The summed E-state index contributed by atoms with van der Waals surface area (Å²) < 4.78 is 0. The van der Waals surface area contributed by atoms with Gasteiger partial charge in [0.1, 0.15) is 0 Å². The van der Waals surface area contributed by atoms with Crippen molar-refractivity contribution in [1.82, 2.24) is 5.32 Å². The van der Waals surface area contributed by atoms with Gasteiger partial charge in [0.15, 0.2) is 0 Å². The van der Waals surface area contributed by atoms with Crippen LogP contribution in [-0.4, -0.2) is 18.6 Å². The van der Waals surface area contributed by atoms with Gasteiger partial charge in [0.25, 0.3) is 0 Å². The van der Waals surface area contributed by atoms with Gasteiger partial charge in [0.05, 0.1) is 0 Å². The Morgan fingerprint density at radius 3 is 2.23 bits per heavy atom. The summed E-state index contributed by atoms with van der Waals surface area (Å²) in [6.07, 6.45) is 3.52. The second-order valence-corrected chi connectivity index (χ2v) is 4.36. The molecule has 0 aromatic heterocycles. The van der Waals surface area contributed by atoms with E-state index in [0.29, 0.717) is 5.92 Å². The Morgan fingerprint density at radius 2 is 1.92 bits per heavy atom. The van der Waals surface area contributed by atoms with E-state index in [9.17, 15) is 0 Å². The minimum atomic E-state index is 0.193. The van der Waals surface area contributed by atoms with Gasteiger partial charge in [-0.05, 0) is 25.3 Å². The molecule has 0 aliphatic rings. The van der Waals surface area contributed by atoms with E-state index in [4.69, 9.17) is 5.73 Å². The Bertz CT molecular complexity index is 117. The van der Waals surface area contributed by atoms with Crippen molar-refractivity contribution in [1.29, 1.82) is 0 Å².